The van der Waals surface area contributed by atoms with Gasteiger partial charge < -0.3 is 13.9 Å². The number of aromatic nitrogens is 1. The summed E-state index contributed by atoms with van der Waals surface area (Å²) in [7, 11) is 0. The molecular weight excluding hydrogens is 1120 g/mol. The largest absolute Gasteiger partial charge is 0.456 e. The van der Waals surface area contributed by atoms with Crippen molar-refractivity contribution < 1.29 is 4.42 Å². The minimum Gasteiger partial charge on any atom is -0.456 e. The van der Waals surface area contributed by atoms with E-state index in [0.29, 0.717) is 0 Å². The van der Waals surface area contributed by atoms with Gasteiger partial charge in [-0.2, -0.15) is 0 Å². The number of para-hydroxylation sites is 3. The summed E-state index contributed by atoms with van der Waals surface area (Å²) < 4.78 is 9.70. The molecule has 0 saturated heterocycles. The second-order valence-electron chi connectivity index (χ2n) is 25.4. The molecule has 0 unspecified atom stereocenters. The Bertz CT molecular complexity index is 5800. The lowest BCUT2D eigenvalue weighted by Crippen LogP contribution is -2.60. The number of anilines is 3. The van der Waals surface area contributed by atoms with Crippen LogP contribution in [0.1, 0.15) is 22.3 Å². The van der Waals surface area contributed by atoms with E-state index in [0.717, 1.165) is 89.2 Å². The first-order valence-electron chi connectivity index (χ1n) is 32.3. The standard InChI is InChI=1S/C89H55BN2O/c1-5-23-56(24-6-1)60-29-19-31-63(48-60)68-39-21-40-69(64-32-20-30-61(49-64)57-25-7-2-8-26-57)87(68)92-81-53-75-71-38-16-18-44-84(71)93-85(75)55-79(81)90-78-43-22-41-72-74-52-73-70-37-15-17-42-76(70)89(66-33-9-3-10-34-66,67-35-11-4-12-36-67)77(73)54-80(74)91(88(72)78)82-50-65(51-83(92)86(82)90)62-46-45-58-27-13-14-28-59(58)47-62/h1-55H. The SMILES string of the molecule is c1ccc(-c2cccc(-c3cccc(-c4cccc(-c5ccccc5)c4)c3N3c4cc5c(cc4B4c6c3cc(-c3ccc7ccccc7c3)cc6-n3c6cc7c(cc6c6cccc4c63)-c3ccccc3C7(c3ccccc3)c3ccccc3)oc3ccccc35)c2)cc1. The Labute approximate surface area is 539 Å². The van der Waals surface area contributed by atoms with Crippen molar-refractivity contribution in [2.24, 2.45) is 0 Å². The molecule has 20 rings (SSSR count). The molecule has 0 fully saturated rings. The van der Waals surface area contributed by atoms with E-state index in [1.165, 1.54) is 93.5 Å². The molecule has 1 aliphatic carbocycles. The van der Waals surface area contributed by atoms with Gasteiger partial charge >= 0.3 is 0 Å². The van der Waals surface area contributed by atoms with E-state index in [9.17, 15) is 0 Å². The van der Waals surface area contributed by atoms with Crippen LogP contribution in [0, 0.1) is 0 Å². The molecular formula is C89H55BN2O. The van der Waals surface area contributed by atoms with Gasteiger partial charge in [0.25, 0.3) is 6.71 Å². The van der Waals surface area contributed by atoms with Crippen LogP contribution >= 0.6 is 0 Å². The number of furan rings is 1. The van der Waals surface area contributed by atoms with Gasteiger partial charge in [0, 0.05) is 55.3 Å². The van der Waals surface area contributed by atoms with Crippen molar-refractivity contribution in [1.82, 2.24) is 4.57 Å². The Balaban J connectivity index is 0.949. The van der Waals surface area contributed by atoms with Crippen LogP contribution in [0.5, 0.6) is 0 Å². The third-order valence-corrected chi connectivity index (χ3v) is 20.6. The summed E-state index contributed by atoms with van der Waals surface area (Å²) in [5, 5.41) is 7.05. The summed E-state index contributed by atoms with van der Waals surface area (Å²) in [6.07, 6.45) is 0. The van der Waals surface area contributed by atoms with E-state index in [2.05, 4.69) is 343 Å². The van der Waals surface area contributed by atoms with E-state index in [4.69, 9.17) is 4.42 Å². The van der Waals surface area contributed by atoms with Crippen molar-refractivity contribution in [3.8, 4) is 72.4 Å². The van der Waals surface area contributed by atoms with E-state index in [1.807, 2.05) is 0 Å². The van der Waals surface area contributed by atoms with Gasteiger partial charge in [0.05, 0.1) is 16.6 Å². The predicted molar refractivity (Wildman–Crippen MR) is 389 cm³/mol. The summed E-state index contributed by atoms with van der Waals surface area (Å²) in [6.45, 7) is -0.191. The molecule has 15 aromatic carbocycles. The molecule has 4 heterocycles. The van der Waals surface area contributed by atoms with Crippen LogP contribution in [-0.2, 0) is 5.41 Å². The van der Waals surface area contributed by atoms with Crippen molar-refractivity contribution in [1.29, 1.82) is 0 Å². The van der Waals surface area contributed by atoms with Crippen molar-refractivity contribution in [3.63, 3.8) is 0 Å². The quantitative estimate of drug-likeness (QED) is 0.141. The van der Waals surface area contributed by atoms with Crippen molar-refractivity contribution in [3.05, 3.63) is 356 Å². The molecule has 0 amide bonds. The summed E-state index contributed by atoms with van der Waals surface area (Å²) in [5.41, 5.74) is 30.9. The van der Waals surface area contributed by atoms with E-state index >= 15 is 0 Å². The molecule has 3 nitrogen and oxygen atoms in total. The number of hydrogen-bond donors (Lipinski definition) is 0. The summed E-state index contributed by atoms with van der Waals surface area (Å²) >= 11 is 0. The zero-order chi connectivity index (χ0) is 60.9. The van der Waals surface area contributed by atoms with Crippen molar-refractivity contribution >= 4 is 94.7 Å². The molecule has 0 radical (unpaired) electrons. The van der Waals surface area contributed by atoms with Gasteiger partial charge in [-0.05, 0) is 166 Å². The Morgan fingerprint density at radius 3 is 1.57 bits per heavy atom. The Morgan fingerprint density at radius 2 is 0.849 bits per heavy atom. The molecule has 0 saturated carbocycles. The smallest absolute Gasteiger partial charge is 0.252 e. The van der Waals surface area contributed by atoms with E-state index in [-0.39, 0.29) is 6.71 Å². The van der Waals surface area contributed by atoms with E-state index in [1.54, 1.807) is 0 Å². The summed E-state index contributed by atoms with van der Waals surface area (Å²) in [5.74, 6) is 0. The molecule has 2 aliphatic heterocycles. The average Bonchev–Trinajstić information content (AvgIpc) is 1.60. The Hall–Kier alpha value is -12.0. The fraction of sp³-hybridized carbons (Fsp3) is 0.0112. The lowest BCUT2D eigenvalue weighted by atomic mass is 9.33. The molecule has 0 bridgehead atoms. The number of fused-ring (bicyclic) bond motifs is 14. The van der Waals surface area contributed by atoms with Crippen molar-refractivity contribution in [2.75, 3.05) is 4.90 Å². The molecule has 0 N–H and O–H groups in total. The number of benzene rings is 15. The maximum absolute atomic E-state index is 7.03. The molecule has 0 atom stereocenters. The monoisotopic (exact) mass is 1180 g/mol. The second-order valence-corrected chi connectivity index (χ2v) is 25.4. The molecule has 3 aliphatic rings. The van der Waals surface area contributed by atoms with Gasteiger partial charge in [0.15, 0.2) is 0 Å². The lowest BCUT2D eigenvalue weighted by molar-refractivity contribution is 0.669. The highest BCUT2D eigenvalue weighted by atomic mass is 16.3. The third kappa shape index (κ3) is 7.55. The number of nitrogens with zero attached hydrogens (tertiary/aromatic N) is 2. The van der Waals surface area contributed by atoms with Gasteiger partial charge in [-0.15, -0.1) is 0 Å². The zero-order valence-electron chi connectivity index (χ0n) is 50.6. The van der Waals surface area contributed by atoms with Crippen LogP contribution in [0.15, 0.2) is 338 Å². The maximum Gasteiger partial charge on any atom is 0.252 e. The normalized spacial score (nSPS) is 13.2. The molecule has 2 aromatic heterocycles. The highest BCUT2D eigenvalue weighted by Gasteiger charge is 2.48. The van der Waals surface area contributed by atoms with Crippen LogP contribution in [0.4, 0.5) is 17.1 Å². The summed E-state index contributed by atoms with van der Waals surface area (Å²) in [4.78, 5) is 2.67. The number of rotatable bonds is 8. The molecule has 17 aromatic rings. The maximum atomic E-state index is 7.03. The minimum atomic E-state index is -0.602. The first kappa shape index (κ1) is 51.9. The fourth-order valence-electron chi connectivity index (χ4n) is 16.6. The van der Waals surface area contributed by atoms with Crippen LogP contribution < -0.4 is 21.3 Å². The minimum absolute atomic E-state index is 0.191. The average molecular weight is 1180 g/mol. The fourth-order valence-corrected chi connectivity index (χ4v) is 16.6. The zero-order valence-corrected chi connectivity index (χ0v) is 50.6. The molecule has 430 valence electrons. The van der Waals surface area contributed by atoms with Crippen LogP contribution in [-0.4, -0.2) is 11.3 Å². The Kier molecular flexibility index (Phi) is 11.2. The first-order valence-corrected chi connectivity index (χ1v) is 32.3. The second kappa shape index (κ2) is 20.0. The van der Waals surface area contributed by atoms with Gasteiger partial charge in [0.1, 0.15) is 11.2 Å². The van der Waals surface area contributed by atoms with Crippen LogP contribution in [0.3, 0.4) is 0 Å². The molecule has 93 heavy (non-hydrogen) atoms. The predicted octanol–water partition coefficient (Wildman–Crippen LogP) is 21.1. The highest BCUT2D eigenvalue weighted by molar-refractivity contribution is 7.00. The van der Waals surface area contributed by atoms with Crippen LogP contribution in [0.2, 0.25) is 0 Å². The van der Waals surface area contributed by atoms with Gasteiger partial charge in [-0.3, -0.25) is 0 Å². The van der Waals surface area contributed by atoms with E-state index < -0.39 is 5.41 Å². The van der Waals surface area contributed by atoms with Gasteiger partial charge in [-0.1, -0.05) is 273 Å². The molecule has 0 spiro atoms. The van der Waals surface area contributed by atoms with Gasteiger partial charge in [0.2, 0.25) is 0 Å². The van der Waals surface area contributed by atoms with Crippen molar-refractivity contribution in [2.45, 2.75) is 5.41 Å². The highest BCUT2D eigenvalue weighted by Crippen LogP contribution is 2.58. The third-order valence-electron chi connectivity index (χ3n) is 20.6. The topological polar surface area (TPSA) is 21.3 Å². The summed E-state index contributed by atoms with van der Waals surface area (Å²) in [6, 6.07) is 125. The Morgan fingerprint density at radius 1 is 0.290 bits per heavy atom. The van der Waals surface area contributed by atoms with Crippen LogP contribution in [0.25, 0.3) is 127 Å². The molecule has 4 heteroatoms. The van der Waals surface area contributed by atoms with Gasteiger partial charge in [-0.25, -0.2) is 0 Å². The first-order chi connectivity index (χ1) is 46.1. The lowest BCUT2D eigenvalue weighted by Gasteiger charge is -2.42. The number of hydrogen-bond acceptors (Lipinski definition) is 2.